The van der Waals surface area contributed by atoms with Crippen LogP contribution in [0.1, 0.15) is 193 Å². The van der Waals surface area contributed by atoms with E-state index in [0.717, 1.165) is 224 Å². The van der Waals surface area contributed by atoms with Crippen LogP contribution in [0.5, 0.6) is 11.5 Å². The molecule has 5 amide bonds. The Bertz CT molecular complexity index is 7720. The van der Waals surface area contributed by atoms with Gasteiger partial charge < -0.3 is 29.9 Å². The number of fused-ring (bicyclic) bond motifs is 10. The highest BCUT2D eigenvalue weighted by Crippen LogP contribution is 2.49. The number of carbonyl (C=O) groups is 5. The van der Waals surface area contributed by atoms with E-state index in [1.54, 1.807) is 107 Å². The van der Waals surface area contributed by atoms with Crippen LogP contribution in [-0.2, 0) is 0 Å². The Labute approximate surface area is 915 Å². The van der Waals surface area contributed by atoms with Gasteiger partial charge in [-0.2, -0.15) is 0 Å². The van der Waals surface area contributed by atoms with Gasteiger partial charge >= 0.3 is 0 Å². The molecule has 760 valence electrons. The lowest BCUT2D eigenvalue weighted by molar-refractivity contribution is 0.0747. The van der Waals surface area contributed by atoms with E-state index < -0.39 is 0 Å². The Kier molecular flexibility index (Phi) is 36.6. The number of thiophene rings is 1. The maximum Gasteiger partial charge on any atom is 0.265 e. The van der Waals surface area contributed by atoms with Crippen LogP contribution in [0.2, 0.25) is 14.4 Å². The topological polar surface area (TPSA) is 211 Å². The Hall–Kier alpha value is -13.4. The molecule has 150 heavy (non-hydrogen) atoms. The molecule has 28 heteroatoms. The van der Waals surface area contributed by atoms with Crippen LogP contribution in [0.25, 0.3) is 0 Å². The number of ether oxygens (including phenoxy) is 2. The highest BCUT2D eigenvalue weighted by atomic mass is 35.5. The van der Waals surface area contributed by atoms with Crippen molar-refractivity contribution in [2.24, 2.45) is 30.9 Å². The molecule has 14 aromatic carbocycles. The number of rotatable bonds is 22. The number of halogens is 4. The number of hydrogen-bond donors (Lipinski definition) is 3. The lowest BCUT2D eigenvalue weighted by Gasteiger charge is -2.26. The molecule has 21 rings (SSSR count). The van der Waals surface area contributed by atoms with Crippen molar-refractivity contribution in [1.82, 2.24) is 30.9 Å². The summed E-state index contributed by atoms with van der Waals surface area (Å²) in [5, 5.41) is 9.01. The fraction of sp³-hybridized carbons (Fsp3) is 0.197. The van der Waals surface area contributed by atoms with Crippen LogP contribution in [0.4, 0.5) is 32.8 Å². The summed E-state index contributed by atoms with van der Waals surface area (Å²) in [4.78, 5) is 104. The zero-order valence-electron chi connectivity index (χ0n) is 84.6. The predicted octanol–water partition coefficient (Wildman–Crippen LogP) is 31.2. The van der Waals surface area contributed by atoms with E-state index >= 15 is 0 Å². The van der Waals surface area contributed by atoms with E-state index in [1.165, 1.54) is 23.8 Å². The van der Waals surface area contributed by atoms with E-state index in [1.807, 2.05) is 276 Å². The number of methoxy groups -OCH3 is 2. The second-order valence-corrected chi connectivity index (χ2v) is 44.7. The number of piperidine rings is 1. The first-order chi connectivity index (χ1) is 72.8. The van der Waals surface area contributed by atoms with Gasteiger partial charge in [0.2, 0.25) is 0 Å². The van der Waals surface area contributed by atoms with Gasteiger partial charge in [-0.1, -0.05) is 244 Å². The summed E-state index contributed by atoms with van der Waals surface area (Å²) >= 11 is 28.6. The molecule has 3 N–H and O–H groups in total. The van der Waals surface area contributed by atoms with E-state index in [9.17, 15) is 28.4 Å². The third-order valence-electron chi connectivity index (χ3n) is 25.0. The molecule has 0 atom stereocenters. The first-order valence-electron chi connectivity index (χ1n) is 49.7. The average molecular weight is 2160 g/mol. The molecule has 0 saturated carbocycles. The van der Waals surface area contributed by atoms with Gasteiger partial charge in [-0.15, -0.1) is 11.3 Å². The van der Waals surface area contributed by atoms with Gasteiger partial charge in [0.25, 0.3) is 29.5 Å². The third kappa shape index (κ3) is 26.6. The molecule has 18 nitrogen and oxygen atoms in total. The van der Waals surface area contributed by atoms with E-state index in [4.69, 9.17) is 69.2 Å². The minimum Gasteiger partial charge on any atom is -0.497 e. The number of benzene rings is 14. The monoisotopic (exact) mass is 2160 g/mol. The first kappa shape index (κ1) is 108. The largest absolute Gasteiger partial charge is 0.497 e. The Balaban J connectivity index is 0.000000128. The molecule has 1 fully saturated rings. The molecule has 0 radical (unpaired) electrons. The van der Waals surface area contributed by atoms with Crippen LogP contribution in [0, 0.1) is 11.7 Å². The molecule has 1 saturated heterocycles. The quantitative estimate of drug-likeness (QED) is 0.0577. The normalized spacial score (nSPS) is 13.2. The fourth-order valence-corrected chi connectivity index (χ4v) is 23.7. The lowest BCUT2D eigenvalue weighted by atomic mass is 10.0. The lowest BCUT2D eigenvalue weighted by Crippen LogP contribution is -2.45. The molecule has 0 spiro atoms. The van der Waals surface area contributed by atoms with Gasteiger partial charge in [0.05, 0.1) is 85.5 Å². The van der Waals surface area contributed by atoms with Crippen LogP contribution in [-0.4, -0.2) is 140 Å². The number of carbonyl (C=O) groups excluding carboxylic acids is 5. The number of aliphatic imine (C=N–C) groups is 5. The van der Waals surface area contributed by atoms with Gasteiger partial charge in [0.1, 0.15) is 17.3 Å². The second-order valence-electron chi connectivity index (χ2n) is 36.8. The highest BCUT2D eigenvalue weighted by molar-refractivity contribution is 8.00. The molecular formula is C122H111Cl3FN11O7S6. The van der Waals surface area contributed by atoms with Crippen molar-refractivity contribution >= 4 is 191 Å². The maximum absolute atomic E-state index is 14.7. The highest BCUT2D eigenvalue weighted by Gasteiger charge is 2.30. The summed E-state index contributed by atoms with van der Waals surface area (Å²) in [6.07, 6.45) is 7.51. The van der Waals surface area contributed by atoms with Crippen molar-refractivity contribution in [2.45, 2.75) is 141 Å². The van der Waals surface area contributed by atoms with E-state index in [0.29, 0.717) is 67.3 Å². The smallest absolute Gasteiger partial charge is 0.265 e. The van der Waals surface area contributed by atoms with Crippen LogP contribution >= 0.6 is 105 Å². The summed E-state index contributed by atoms with van der Waals surface area (Å²) in [5.74, 6) is 1.42. The molecular weight excluding hydrogens is 2050 g/mol. The minimum absolute atomic E-state index is 0.0314. The summed E-state index contributed by atoms with van der Waals surface area (Å²) in [7, 11) is 7.04. The molecule has 0 unspecified atom stereocenters. The van der Waals surface area contributed by atoms with Gasteiger partial charge in [-0.25, -0.2) is 34.4 Å². The Morgan fingerprint density at radius 2 is 0.740 bits per heavy atom. The van der Waals surface area contributed by atoms with Crippen molar-refractivity contribution in [3.05, 3.63) is 418 Å². The van der Waals surface area contributed by atoms with E-state index in [2.05, 4.69) is 86.2 Å². The Morgan fingerprint density at radius 3 is 1.13 bits per heavy atom. The Morgan fingerprint density at radius 1 is 0.380 bits per heavy atom. The minimum atomic E-state index is -0.316. The van der Waals surface area contributed by atoms with E-state index in [-0.39, 0.29) is 41.4 Å². The number of hydrazine groups is 1. The average Bonchev–Trinajstić information content (AvgIpc) is 1.61. The zero-order chi connectivity index (χ0) is 105. The third-order valence-corrected chi connectivity index (χ3v) is 32.5. The first-order valence-corrected chi connectivity index (χ1v) is 55.8. The van der Waals surface area contributed by atoms with Crippen molar-refractivity contribution < 1.29 is 37.8 Å². The molecule has 7 heterocycles. The SMILES string of the molecule is CC(C)CNC(=O)c1ccc2c(c1)N=C(c1ccc(Cl)cc1Cl)c1ccccc1S2.CCCCN(C)C(=O)c1ccc2c(c1)N=C(c1ccc(Cl)s1)c1ccccc1S2.CCCCN(C)C(=O)c1ccc2c(c1)N=C(c1ccc(OC)cc1)c1ccccc1S2.COc1ccc(C2=Nc3cc(C(=O)NC(C)C)ccc3Sc3ccccc32)cc1.O=C(NN1CCCCC1)c1ccc2c(c1)N=C(c1ccccc1F)c1ccccc1S2. The molecule has 6 aliphatic heterocycles. The predicted molar refractivity (Wildman–Crippen MR) is 616 cm³/mol. The van der Waals surface area contributed by atoms with Crippen LogP contribution < -0.4 is 25.5 Å². The van der Waals surface area contributed by atoms with Crippen LogP contribution in [0.3, 0.4) is 0 Å². The van der Waals surface area contributed by atoms with Crippen molar-refractivity contribution in [3.63, 3.8) is 0 Å². The van der Waals surface area contributed by atoms with Crippen molar-refractivity contribution in [3.8, 4) is 11.5 Å². The van der Waals surface area contributed by atoms with Crippen LogP contribution in [0.15, 0.2) is 389 Å². The van der Waals surface area contributed by atoms with Crippen molar-refractivity contribution in [2.75, 3.05) is 61.0 Å². The summed E-state index contributed by atoms with van der Waals surface area (Å²) < 4.78 is 26.0. The van der Waals surface area contributed by atoms with Gasteiger partial charge in [0, 0.05) is 185 Å². The summed E-state index contributed by atoms with van der Waals surface area (Å²) in [6.45, 7) is 16.2. The number of hydrogen-bond acceptors (Lipinski definition) is 19. The molecule has 0 aliphatic carbocycles. The standard InChI is InChI=1S/C26H26N2O2S.C25H22FN3OS.C24H20Cl2N2OS.C24H22N2O2S.C23H21ClN2OS2/c1-4-5-16-28(2)26(29)19-12-15-24-22(17-19)27-25(18-10-13-20(30-3)14-11-18)21-8-6-7-9-23(21)31-24;26-20-10-4-2-8-18(20)24-19-9-3-5-11-22(19)31-23-13-12-17(16-21(23)27-24)25(30)28-29-14-6-1-7-15-29;1-14(2)13-27-24(29)15-7-10-22-20(11-15)28-23(17-9-8-16(25)12-19(17)26)18-5-3-4-6-21(18)30-22;1-15(2)25-24(27)17-10-13-22-20(14-17)26-23(16-8-11-18(28-3)12-9-16)19-6-4-5-7-21(19)29-22;1-3-4-13-26(2)23(27)15-9-10-19-17(14-15)25-22(20-11-12-21(24)29-20)16-7-5-6-8-18(16)28-19/h6-15,17H,4-5,16H2,1-3H3;2-5,8-13,16H,1,6-7,14-15H2,(H,28,30);3-12,14H,13H2,1-2H3,(H,27,29);4-15H,1-3H3,(H,25,27);5-12,14H,3-4,13H2,1-2H3. The van der Waals surface area contributed by atoms with Gasteiger partial charge in [-0.05, 0) is 258 Å². The molecule has 0 bridgehead atoms. The number of nitrogens with zero attached hydrogens (tertiary/aromatic N) is 8. The molecule has 6 aliphatic rings. The number of amides is 5. The van der Waals surface area contributed by atoms with Gasteiger partial charge in [-0.3, -0.25) is 29.4 Å². The van der Waals surface area contributed by atoms with Gasteiger partial charge in [0.15, 0.2) is 0 Å². The fourth-order valence-electron chi connectivity index (χ4n) is 17.1. The summed E-state index contributed by atoms with van der Waals surface area (Å²) in [5.41, 5.74) is 22.4. The van der Waals surface area contributed by atoms with Crippen molar-refractivity contribution in [1.29, 1.82) is 0 Å². The second kappa shape index (κ2) is 50.9. The molecule has 1 aromatic heterocycles. The summed E-state index contributed by atoms with van der Waals surface area (Å²) in [6, 6.07) is 101. The number of unbranched alkanes of at least 4 members (excludes halogenated alkanes) is 2. The molecule has 15 aromatic rings. The maximum atomic E-state index is 14.7. The zero-order valence-corrected chi connectivity index (χ0v) is 91.7. The number of nitrogens with one attached hydrogen (secondary N) is 3.